The van der Waals surface area contributed by atoms with E-state index in [0.29, 0.717) is 45.4 Å². The van der Waals surface area contributed by atoms with Crippen molar-refractivity contribution >= 4 is 28.9 Å². The Labute approximate surface area is 234 Å². The van der Waals surface area contributed by atoms with Crippen molar-refractivity contribution in [3.05, 3.63) is 83.2 Å². The molecule has 0 fully saturated rings. The van der Waals surface area contributed by atoms with Crippen LogP contribution >= 0.6 is 11.3 Å². The summed E-state index contributed by atoms with van der Waals surface area (Å²) in [6.07, 6.45) is 1.75. The van der Waals surface area contributed by atoms with Gasteiger partial charge in [-0.25, -0.2) is 0 Å². The van der Waals surface area contributed by atoms with E-state index in [2.05, 4.69) is 23.5 Å². The van der Waals surface area contributed by atoms with Gasteiger partial charge in [-0.1, -0.05) is 60.7 Å². The highest BCUT2D eigenvalue weighted by Gasteiger charge is 2.26. The first-order valence-electron chi connectivity index (χ1n) is 13.3. The molecule has 3 rings (SSSR count). The fourth-order valence-corrected chi connectivity index (χ4v) is 5.08. The molecule has 3 aromatic rings. The van der Waals surface area contributed by atoms with Crippen molar-refractivity contribution < 1.29 is 14.4 Å². The van der Waals surface area contributed by atoms with Crippen molar-refractivity contribution in [2.45, 2.75) is 44.2 Å². The Hall–Kier alpha value is -3.37. The third kappa shape index (κ3) is 9.71. The maximum atomic E-state index is 13.3. The Bertz CT molecular complexity index is 1160. The van der Waals surface area contributed by atoms with Crippen molar-refractivity contribution in [2.24, 2.45) is 17.2 Å². The van der Waals surface area contributed by atoms with Gasteiger partial charge in [0, 0.05) is 37.5 Å². The van der Waals surface area contributed by atoms with Gasteiger partial charge >= 0.3 is 0 Å². The molecule has 0 bridgehead atoms. The van der Waals surface area contributed by atoms with E-state index in [-0.39, 0.29) is 24.5 Å². The van der Waals surface area contributed by atoms with Crippen LogP contribution in [0.2, 0.25) is 0 Å². The lowest BCUT2D eigenvalue weighted by Crippen LogP contribution is -2.51. The zero-order valence-corrected chi connectivity index (χ0v) is 23.1. The number of aryl methyl sites for hydroxylation is 2. The van der Waals surface area contributed by atoms with E-state index in [0.717, 1.165) is 16.7 Å². The number of nitrogens with one attached hydrogen (secondary N) is 1. The quantitative estimate of drug-likeness (QED) is 0.216. The molecule has 0 unspecified atom stereocenters. The molecule has 208 valence electrons. The molecular weight excluding hydrogens is 510 g/mol. The smallest absolute Gasteiger partial charge is 0.238 e. The number of amides is 2. The van der Waals surface area contributed by atoms with Crippen LogP contribution in [0.3, 0.4) is 0 Å². The van der Waals surface area contributed by atoms with E-state index >= 15 is 0 Å². The van der Waals surface area contributed by atoms with Crippen LogP contribution in [0.4, 0.5) is 0 Å². The molecule has 8 nitrogen and oxygen atoms in total. The normalized spacial score (nSPS) is 12.5. The largest absolute Gasteiger partial charge is 0.345 e. The van der Waals surface area contributed by atoms with Crippen molar-refractivity contribution in [3.8, 4) is 10.4 Å². The molecule has 0 saturated heterocycles. The Kier molecular flexibility index (Phi) is 12.3. The van der Waals surface area contributed by atoms with E-state index in [1.807, 2.05) is 53.9 Å². The van der Waals surface area contributed by atoms with E-state index in [1.165, 1.54) is 9.78 Å². The molecule has 7 N–H and O–H groups in total. The predicted molar refractivity (Wildman–Crippen MR) is 157 cm³/mol. The van der Waals surface area contributed by atoms with Gasteiger partial charge in [-0.2, -0.15) is 0 Å². The molecular formula is C30H39N5O3S. The van der Waals surface area contributed by atoms with Gasteiger partial charge in [-0.15, -0.1) is 11.3 Å². The highest BCUT2D eigenvalue weighted by atomic mass is 32.1. The minimum Gasteiger partial charge on any atom is -0.345 e. The lowest BCUT2D eigenvalue weighted by atomic mass is 9.97. The van der Waals surface area contributed by atoms with Gasteiger partial charge in [-0.3, -0.25) is 14.4 Å². The number of rotatable bonds is 16. The molecule has 2 atom stereocenters. The summed E-state index contributed by atoms with van der Waals surface area (Å²) in [6, 6.07) is 20.3. The van der Waals surface area contributed by atoms with Crippen LogP contribution in [0.5, 0.6) is 0 Å². The molecule has 0 aliphatic rings. The van der Waals surface area contributed by atoms with Gasteiger partial charge in [0.15, 0.2) is 5.78 Å². The molecule has 0 spiro atoms. The number of thiophene rings is 1. The van der Waals surface area contributed by atoms with Crippen molar-refractivity contribution in [1.82, 2.24) is 10.2 Å². The second kappa shape index (κ2) is 15.9. The third-order valence-corrected chi connectivity index (χ3v) is 7.49. The summed E-state index contributed by atoms with van der Waals surface area (Å²) >= 11 is 1.69. The molecule has 39 heavy (non-hydrogen) atoms. The van der Waals surface area contributed by atoms with Crippen LogP contribution in [-0.4, -0.2) is 60.8 Å². The maximum absolute atomic E-state index is 13.3. The van der Waals surface area contributed by atoms with Gasteiger partial charge in [0.2, 0.25) is 11.8 Å². The standard InChI is InChI=1S/C30H39N5O3S/c31-16-18-35(19-17-32)29(37)21-25(33)30(38)34-26(14-10-22-5-2-1-3-6-22)27(36)15-11-23-8-12-24(13-9-23)28-7-4-20-39-28/h1-9,12-13,20,25-26H,10-11,14-19,21,31-33H2,(H,34,38)/t25-,26-/m0/s1. The molecule has 0 aliphatic heterocycles. The zero-order chi connectivity index (χ0) is 28.0. The first-order valence-corrected chi connectivity index (χ1v) is 14.2. The second-order valence-electron chi connectivity index (χ2n) is 9.49. The third-order valence-electron chi connectivity index (χ3n) is 6.57. The molecule has 1 heterocycles. The summed E-state index contributed by atoms with van der Waals surface area (Å²) < 4.78 is 0. The molecule has 9 heteroatoms. The summed E-state index contributed by atoms with van der Waals surface area (Å²) in [4.78, 5) is 41.6. The maximum Gasteiger partial charge on any atom is 0.238 e. The minimum absolute atomic E-state index is 0.0620. The summed E-state index contributed by atoms with van der Waals surface area (Å²) in [7, 11) is 0. The van der Waals surface area contributed by atoms with Gasteiger partial charge in [0.25, 0.3) is 0 Å². The summed E-state index contributed by atoms with van der Waals surface area (Å²) in [5.74, 6) is -0.866. The van der Waals surface area contributed by atoms with Crippen molar-refractivity contribution in [1.29, 1.82) is 0 Å². The number of nitrogens with zero attached hydrogens (tertiary/aromatic N) is 1. The minimum atomic E-state index is -1.08. The average Bonchev–Trinajstić information content (AvgIpc) is 3.49. The van der Waals surface area contributed by atoms with Crippen LogP contribution in [0, 0.1) is 0 Å². The summed E-state index contributed by atoms with van der Waals surface area (Å²) in [6.45, 7) is 1.27. The van der Waals surface area contributed by atoms with Crippen LogP contribution in [0.15, 0.2) is 72.1 Å². The SMILES string of the molecule is NCCN(CCN)C(=O)C[C@H](N)C(=O)N[C@@H](CCc1ccccc1)C(=O)CCc1ccc(-c2cccs2)cc1. The van der Waals surface area contributed by atoms with E-state index < -0.39 is 18.0 Å². The van der Waals surface area contributed by atoms with Crippen LogP contribution in [0.1, 0.15) is 30.4 Å². The summed E-state index contributed by atoms with van der Waals surface area (Å²) in [5.41, 5.74) is 20.5. The topological polar surface area (TPSA) is 145 Å². The monoisotopic (exact) mass is 549 g/mol. The summed E-state index contributed by atoms with van der Waals surface area (Å²) in [5, 5.41) is 4.87. The highest BCUT2D eigenvalue weighted by molar-refractivity contribution is 7.13. The number of nitrogens with two attached hydrogens (primary N) is 3. The van der Waals surface area contributed by atoms with Crippen molar-refractivity contribution in [2.75, 3.05) is 26.2 Å². The Morgan fingerprint density at radius 3 is 2.13 bits per heavy atom. The molecule has 0 radical (unpaired) electrons. The Morgan fingerprint density at radius 2 is 1.51 bits per heavy atom. The number of hydrogen-bond acceptors (Lipinski definition) is 7. The van der Waals surface area contributed by atoms with E-state index in [9.17, 15) is 14.4 Å². The van der Waals surface area contributed by atoms with Gasteiger partial charge < -0.3 is 27.4 Å². The number of benzene rings is 2. The fraction of sp³-hybridized carbons (Fsp3) is 0.367. The number of Topliss-reactive ketones (excluding diaryl/α,β-unsaturated/α-hetero) is 1. The highest BCUT2D eigenvalue weighted by Crippen LogP contribution is 2.25. The first kappa shape index (κ1) is 30.2. The van der Waals surface area contributed by atoms with E-state index in [1.54, 1.807) is 11.3 Å². The Morgan fingerprint density at radius 1 is 0.846 bits per heavy atom. The van der Waals surface area contributed by atoms with Crippen molar-refractivity contribution in [3.63, 3.8) is 0 Å². The predicted octanol–water partition coefficient (Wildman–Crippen LogP) is 2.50. The molecule has 0 saturated carbocycles. The number of ketones is 1. The first-order chi connectivity index (χ1) is 18.9. The van der Waals surface area contributed by atoms with Gasteiger partial charge in [0.05, 0.1) is 18.5 Å². The fourth-order valence-electron chi connectivity index (χ4n) is 4.35. The number of carbonyl (C=O) groups excluding carboxylic acids is 3. The van der Waals surface area contributed by atoms with E-state index in [4.69, 9.17) is 17.2 Å². The molecule has 2 aromatic carbocycles. The van der Waals surface area contributed by atoms with Gasteiger partial charge in [-0.05, 0) is 47.4 Å². The molecule has 0 aliphatic carbocycles. The average molecular weight is 550 g/mol. The van der Waals surface area contributed by atoms with Crippen LogP contribution < -0.4 is 22.5 Å². The Balaban J connectivity index is 1.61. The van der Waals surface area contributed by atoms with Gasteiger partial charge in [0.1, 0.15) is 0 Å². The molecule has 1 aromatic heterocycles. The molecule has 2 amide bonds. The number of carbonyl (C=O) groups is 3. The van der Waals surface area contributed by atoms with Crippen LogP contribution in [0.25, 0.3) is 10.4 Å². The zero-order valence-electron chi connectivity index (χ0n) is 22.3. The lowest BCUT2D eigenvalue weighted by molar-refractivity contribution is -0.135. The van der Waals surface area contributed by atoms with Crippen LogP contribution in [-0.2, 0) is 27.2 Å². The number of hydrogen-bond donors (Lipinski definition) is 4. The second-order valence-corrected chi connectivity index (χ2v) is 10.4. The lowest BCUT2D eigenvalue weighted by Gasteiger charge is -2.24.